The van der Waals surface area contributed by atoms with Crippen LogP contribution in [0.3, 0.4) is 0 Å². The normalized spacial score (nSPS) is 19.7. The minimum Gasteiger partial charge on any atom is -0.376 e. The molecule has 2 N–H and O–H groups in total. The summed E-state index contributed by atoms with van der Waals surface area (Å²) in [6.45, 7) is 0.979. The van der Waals surface area contributed by atoms with Crippen LogP contribution in [0.5, 0.6) is 0 Å². The molecule has 1 aromatic carbocycles. The Bertz CT molecular complexity index is 464. The molecule has 0 radical (unpaired) electrons. The first-order valence-electron chi connectivity index (χ1n) is 5.18. The van der Waals surface area contributed by atoms with Gasteiger partial charge in [-0.3, -0.25) is 0 Å². The van der Waals surface area contributed by atoms with Crippen molar-refractivity contribution in [3.63, 3.8) is 0 Å². The van der Waals surface area contributed by atoms with E-state index in [1.165, 1.54) is 0 Å². The average molecular weight is 260 g/mol. The molecule has 1 atom stereocenters. The van der Waals surface area contributed by atoms with E-state index in [0.29, 0.717) is 25.6 Å². The summed E-state index contributed by atoms with van der Waals surface area (Å²) in [7, 11) is 0. The van der Waals surface area contributed by atoms with Gasteiger partial charge in [0, 0.05) is 25.1 Å². The van der Waals surface area contributed by atoms with Gasteiger partial charge in [0.1, 0.15) is 5.82 Å². The van der Waals surface area contributed by atoms with E-state index in [1.807, 2.05) is 0 Å². The van der Waals surface area contributed by atoms with Gasteiger partial charge in [-0.1, -0.05) is 0 Å². The summed E-state index contributed by atoms with van der Waals surface area (Å²) < 4.78 is 39.7. The van der Waals surface area contributed by atoms with Crippen molar-refractivity contribution in [2.45, 2.75) is 12.3 Å². The maximum absolute atomic E-state index is 13.5. The van der Waals surface area contributed by atoms with E-state index in [4.69, 9.17) is 18.0 Å². The minimum absolute atomic E-state index is 0.0567. The van der Waals surface area contributed by atoms with Crippen molar-refractivity contribution in [1.82, 2.24) is 4.90 Å². The van der Waals surface area contributed by atoms with Gasteiger partial charge in [-0.15, -0.1) is 0 Å². The second kappa shape index (κ2) is 4.52. The van der Waals surface area contributed by atoms with Crippen molar-refractivity contribution in [3.8, 4) is 0 Å². The maximum atomic E-state index is 13.5. The molecular weight excluding hydrogens is 249 g/mol. The van der Waals surface area contributed by atoms with Crippen molar-refractivity contribution < 1.29 is 13.2 Å². The lowest BCUT2D eigenvalue weighted by Gasteiger charge is -2.16. The first kappa shape index (κ1) is 12.2. The van der Waals surface area contributed by atoms with Gasteiger partial charge in [-0.25, -0.2) is 13.2 Å². The number of hydrogen-bond donors (Lipinski definition) is 1. The Morgan fingerprint density at radius 2 is 2.06 bits per heavy atom. The average Bonchev–Trinajstić information content (AvgIpc) is 2.72. The molecule has 1 aliphatic rings. The van der Waals surface area contributed by atoms with Crippen LogP contribution in [0, 0.1) is 17.5 Å². The molecule has 6 heteroatoms. The SMILES string of the molecule is NC(=S)N1CC[C@@H](c2cc(F)cc(F)c2F)C1. The highest BCUT2D eigenvalue weighted by molar-refractivity contribution is 7.80. The quantitative estimate of drug-likeness (QED) is 0.619. The van der Waals surface area contributed by atoms with Gasteiger partial charge < -0.3 is 10.6 Å². The van der Waals surface area contributed by atoms with Crippen molar-refractivity contribution in [3.05, 3.63) is 35.1 Å². The monoisotopic (exact) mass is 260 g/mol. The predicted molar refractivity (Wildman–Crippen MR) is 62.0 cm³/mol. The van der Waals surface area contributed by atoms with Crippen LogP contribution in [0.1, 0.15) is 17.9 Å². The molecule has 92 valence electrons. The van der Waals surface area contributed by atoms with Gasteiger partial charge in [0.2, 0.25) is 0 Å². The first-order valence-corrected chi connectivity index (χ1v) is 5.58. The molecule has 1 saturated heterocycles. The largest absolute Gasteiger partial charge is 0.376 e. The highest BCUT2D eigenvalue weighted by Gasteiger charge is 2.28. The topological polar surface area (TPSA) is 29.3 Å². The van der Waals surface area contributed by atoms with Gasteiger partial charge in [0.05, 0.1) is 0 Å². The first-order chi connectivity index (χ1) is 7.99. The molecule has 2 nitrogen and oxygen atoms in total. The van der Waals surface area contributed by atoms with E-state index >= 15 is 0 Å². The lowest BCUT2D eigenvalue weighted by Crippen LogP contribution is -2.33. The fourth-order valence-electron chi connectivity index (χ4n) is 2.09. The van der Waals surface area contributed by atoms with Crippen LogP contribution >= 0.6 is 12.2 Å². The molecule has 0 bridgehead atoms. The fraction of sp³-hybridized carbons (Fsp3) is 0.364. The number of rotatable bonds is 1. The van der Waals surface area contributed by atoms with Crippen LogP contribution in [-0.2, 0) is 0 Å². The Morgan fingerprint density at radius 3 is 2.65 bits per heavy atom. The third-order valence-corrected chi connectivity index (χ3v) is 3.22. The van der Waals surface area contributed by atoms with E-state index in [0.717, 1.165) is 6.07 Å². The standard InChI is InChI=1S/C11H11F3N2S/c12-7-3-8(10(14)9(13)4-7)6-1-2-16(5-6)11(15)17/h3-4,6H,1-2,5H2,(H2,15,17)/t6-/m1/s1. The van der Waals surface area contributed by atoms with E-state index in [-0.39, 0.29) is 16.6 Å². The fourth-order valence-corrected chi connectivity index (χ4v) is 2.25. The van der Waals surface area contributed by atoms with Gasteiger partial charge >= 0.3 is 0 Å². The number of likely N-dealkylation sites (tertiary alicyclic amines) is 1. The van der Waals surface area contributed by atoms with Gasteiger partial charge in [0.25, 0.3) is 0 Å². The molecule has 0 amide bonds. The summed E-state index contributed by atoms with van der Waals surface area (Å²) in [6.07, 6.45) is 0.581. The Labute approximate surface area is 102 Å². The van der Waals surface area contributed by atoms with E-state index in [2.05, 4.69) is 0 Å². The lowest BCUT2D eigenvalue weighted by atomic mass is 9.97. The molecule has 1 fully saturated rings. The summed E-state index contributed by atoms with van der Waals surface area (Å²) in [5, 5.41) is 0.227. The summed E-state index contributed by atoms with van der Waals surface area (Å²) in [5.41, 5.74) is 5.51. The maximum Gasteiger partial charge on any atom is 0.166 e. The van der Waals surface area contributed by atoms with Crippen molar-refractivity contribution in [2.75, 3.05) is 13.1 Å². The van der Waals surface area contributed by atoms with E-state index in [1.54, 1.807) is 4.90 Å². The third kappa shape index (κ3) is 2.36. The van der Waals surface area contributed by atoms with Crippen LogP contribution < -0.4 is 5.73 Å². The Hall–Kier alpha value is -1.30. The molecule has 1 aromatic rings. The zero-order valence-corrected chi connectivity index (χ0v) is 9.74. The molecule has 0 spiro atoms. The molecule has 17 heavy (non-hydrogen) atoms. The number of benzene rings is 1. The highest BCUT2D eigenvalue weighted by atomic mass is 32.1. The molecule has 1 heterocycles. The second-order valence-electron chi connectivity index (χ2n) is 4.06. The summed E-state index contributed by atoms with van der Waals surface area (Å²) >= 11 is 4.80. The van der Waals surface area contributed by atoms with Crippen molar-refractivity contribution in [2.24, 2.45) is 5.73 Å². The third-order valence-electron chi connectivity index (χ3n) is 2.96. The van der Waals surface area contributed by atoms with Gasteiger partial charge in [0.15, 0.2) is 16.7 Å². The lowest BCUT2D eigenvalue weighted by molar-refractivity contribution is 0.469. The molecule has 0 unspecified atom stereocenters. The van der Waals surface area contributed by atoms with Gasteiger partial charge in [-0.05, 0) is 30.3 Å². The van der Waals surface area contributed by atoms with Crippen LogP contribution in [-0.4, -0.2) is 23.1 Å². The Morgan fingerprint density at radius 1 is 1.35 bits per heavy atom. The second-order valence-corrected chi connectivity index (χ2v) is 4.48. The number of hydrogen-bond acceptors (Lipinski definition) is 1. The summed E-state index contributed by atoms with van der Waals surface area (Å²) in [4.78, 5) is 1.70. The van der Waals surface area contributed by atoms with Crippen LogP contribution in [0.15, 0.2) is 12.1 Å². The Balaban J connectivity index is 2.27. The van der Waals surface area contributed by atoms with Crippen LogP contribution in [0.25, 0.3) is 0 Å². The van der Waals surface area contributed by atoms with Crippen LogP contribution in [0.4, 0.5) is 13.2 Å². The molecule has 2 rings (SSSR count). The molecule has 0 saturated carbocycles. The zero-order valence-electron chi connectivity index (χ0n) is 8.92. The van der Waals surface area contributed by atoms with E-state index < -0.39 is 17.5 Å². The van der Waals surface area contributed by atoms with Crippen LogP contribution in [0.2, 0.25) is 0 Å². The number of nitrogens with two attached hydrogens (primary N) is 1. The van der Waals surface area contributed by atoms with Crippen molar-refractivity contribution in [1.29, 1.82) is 0 Å². The predicted octanol–water partition coefficient (Wildman–Crippen LogP) is 2.14. The van der Waals surface area contributed by atoms with E-state index in [9.17, 15) is 13.2 Å². The summed E-state index contributed by atoms with van der Waals surface area (Å²) in [5.74, 6) is -3.19. The zero-order chi connectivity index (χ0) is 12.6. The Kier molecular flexibility index (Phi) is 3.24. The molecular formula is C11H11F3N2S. The number of nitrogens with zero attached hydrogens (tertiary/aromatic N) is 1. The number of halogens is 3. The number of thiocarbonyl (C=S) groups is 1. The molecule has 0 aromatic heterocycles. The van der Waals surface area contributed by atoms with Gasteiger partial charge in [-0.2, -0.15) is 0 Å². The van der Waals surface area contributed by atoms with Crippen molar-refractivity contribution >= 4 is 17.3 Å². The smallest absolute Gasteiger partial charge is 0.166 e. The molecule has 1 aliphatic heterocycles. The minimum atomic E-state index is -1.16. The highest BCUT2D eigenvalue weighted by Crippen LogP contribution is 2.30. The summed E-state index contributed by atoms with van der Waals surface area (Å²) in [6, 6.07) is 1.57. The molecule has 0 aliphatic carbocycles.